The molecular weight excluding hydrogens is 464 g/mol. The van der Waals surface area contributed by atoms with Gasteiger partial charge in [0.1, 0.15) is 0 Å². The molecule has 0 rings (SSSR count). The van der Waals surface area contributed by atoms with E-state index in [1.807, 2.05) is 0 Å². The molecule has 0 aromatic heterocycles. The number of carbonyl (C=O) groups is 1. The van der Waals surface area contributed by atoms with Crippen molar-refractivity contribution in [1.29, 1.82) is 0 Å². The summed E-state index contributed by atoms with van der Waals surface area (Å²) in [6, 6.07) is 0. The molecule has 0 aromatic carbocycles. The van der Waals surface area contributed by atoms with Gasteiger partial charge in [-0.1, -0.05) is 152 Å². The van der Waals surface area contributed by atoms with Gasteiger partial charge in [0, 0.05) is 6.42 Å². The molecule has 0 amide bonds. The Morgan fingerprint density at radius 3 is 1.42 bits per heavy atom. The van der Waals surface area contributed by atoms with E-state index in [0.29, 0.717) is 13.0 Å². The van der Waals surface area contributed by atoms with E-state index in [4.69, 9.17) is 4.74 Å². The molecule has 0 aliphatic carbocycles. The largest absolute Gasteiger partial charge is 0.466 e. The first-order valence-electron chi connectivity index (χ1n) is 16.6. The third-order valence-corrected chi connectivity index (χ3v) is 7.00. The van der Waals surface area contributed by atoms with Crippen LogP contribution in [-0.2, 0) is 9.53 Å². The summed E-state index contributed by atoms with van der Waals surface area (Å²) in [5, 5.41) is 0. The van der Waals surface area contributed by atoms with Gasteiger partial charge in [0.25, 0.3) is 0 Å². The van der Waals surface area contributed by atoms with Crippen LogP contribution < -0.4 is 0 Å². The highest BCUT2D eigenvalue weighted by atomic mass is 16.5. The van der Waals surface area contributed by atoms with Gasteiger partial charge in [-0.05, 0) is 57.8 Å². The first kappa shape index (κ1) is 36.4. The van der Waals surface area contributed by atoms with Crippen LogP contribution in [0, 0.1) is 0 Å². The molecule has 0 aliphatic heterocycles. The number of hydrogen-bond donors (Lipinski definition) is 0. The predicted molar refractivity (Wildman–Crippen MR) is 170 cm³/mol. The van der Waals surface area contributed by atoms with Crippen LogP contribution in [0.25, 0.3) is 0 Å². The van der Waals surface area contributed by atoms with Gasteiger partial charge < -0.3 is 4.74 Å². The summed E-state index contributed by atoms with van der Waals surface area (Å²) in [6.07, 6.45) is 47.3. The van der Waals surface area contributed by atoms with E-state index in [1.54, 1.807) is 0 Å². The van der Waals surface area contributed by atoms with Gasteiger partial charge in [0.2, 0.25) is 0 Å². The van der Waals surface area contributed by atoms with Crippen molar-refractivity contribution in [3.8, 4) is 0 Å². The number of hydrogen-bond acceptors (Lipinski definition) is 2. The van der Waals surface area contributed by atoms with Crippen molar-refractivity contribution in [1.82, 2.24) is 0 Å². The lowest BCUT2D eigenvalue weighted by molar-refractivity contribution is -0.143. The molecule has 0 saturated carbocycles. The van der Waals surface area contributed by atoms with E-state index >= 15 is 0 Å². The Morgan fingerprint density at radius 2 is 0.868 bits per heavy atom. The zero-order valence-corrected chi connectivity index (χ0v) is 25.6. The Kier molecular flexibility index (Phi) is 32.1. The molecule has 2 heteroatoms. The van der Waals surface area contributed by atoms with Crippen molar-refractivity contribution in [3.05, 3.63) is 48.6 Å². The van der Waals surface area contributed by atoms with Gasteiger partial charge in [0.15, 0.2) is 0 Å². The van der Waals surface area contributed by atoms with Crippen molar-refractivity contribution in [3.63, 3.8) is 0 Å². The van der Waals surface area contributed by atoms with E-state index in [-0.39, 0.29) is 5.97 Å². The highest BCUT2D eigenvalue weighted by Crippen LogP contribution is 2.11. The lowest BCUT2D eigenvalue weighted by atomic mass is 10.1. The Bertz CT molecular complexity index is 584. The molecule has 0 fully saturated rings. The van der Waals surface area contributed by atoms with E-state index < -0.39 is 0 Å². The second kappa shape index (κ2) is 33.5. The summed E-state index contributed by atoms with van der Waals surface area (Å²) in [5.41, 5.74) is 0. The molecular formula is C36H64O2. The molecule has 0 bridgehead atoms. The Morgan fingerprint density at radius 1 is 0.447 bits per heavy atom. The fourth-order valence-corrected chi connectivity index (χ4v) is 4.47. The molecule has 0 radical (unpaired) electrons. The molecule has 0 aromatic rings. The summed E-state index contributed by atoms with van der Waals surface area (Å²) >= 11 is 0. The van der Waals surface area contributed by atoms with Crippen LogP contribution in [0.1, 0.15) is 168 Å². The minimum Gasteiger partial charge on any atom is -0.466 e. The van der Waals surface area contributed by atoms with E-state index in [9.17, 15) is 4.79 Å². The highest BCUT2D eigenvalue weighted by Gasteiger charge is 2.02. The highest BCUT2D eigenvalue weighted by molar-refractivity contribution is 5.69. The average molecular weight is 529 g/mol. The van der Waals surface area contributed by atoms with Gasteiger partial charge in [-0.2, -0.15) is 0 Å². The van der Waals surface area contributed by atoms with Crippen molar-refractivity contribution >= 4 is 5.97 Å². The molecule has 220 valence electrons. The van der Waals surface area contributed by atoms with Crippen molar-refractivity contribution in [2.24, 2.45) is 0 Å². The third kappa shape index (κ3) is 32.5. The fraction of sp³-hybridized carbons (Fsp3) is 0.750. The minimum atomic E-state index is -0.00351. The maximum atomic E-state index is 11.9. The summed E-state index contributed by atoms with van der Waals surface area (Å²) in [6.45, 7) is 5.11. The van der Waals surface area contributed by atoms with Gasteiger partial charge in [-0.25, -0.2) is 0 Å². The monoisotopic (exact) mass is 528 g/mol. The van der Waals surface area contributed by atoms with Crippen LogP contribution in [0.3, 0.4) is 0 Å². The Labute approximate surface area is 238 Å². The Balaban J connectivity index is 3.29. The van der Waals surface area contributed by atoms with Crippen molar-refractivity contribution in [2.75, 3.05) is 6.61 Å². The zero-order valence-electron chi connectivity index (χ0n) is 25.6. The minimum absolute atomic E-state index is 0.00351. The van der Waals surface area contributed by atoms with Gasteiger partial charge >= 0.3 is 5.97 Å². The number of rotatable bonds is 29. The SMILES string of the molecule is CCCCC=CC=CC=CCCCCCCCC(=O)OCCCCCCCC/C=C\CCCCCCCC. The smallest absolute Gasteiger partial charge is 0.305 e. The summed E-state index contributed by atoms with van der Waals surface area (Å²) in [4.78, 5) is 11.9. The molecule has 2 nitrogen and oxygen atoms in total. The zero-order chi connectivity index (χ0) is 27.6. The van der Waals surface area contributed by atoms with E-state index in [2.05, 4.69) is 62.5 Å². The average Bonchev–Trinajstić information content (AvgIpc) is 2.92. The first-order chi connectivity index (χ1) is 18.8. The maximum absolute atomic E-state index is 11.9. The molecule has 0 unspecified atom stereocenters. The number of carbonyl (C=O) groups excluding carboxylic acids is 1. The second-order valence-electron chi connectivity index (χ2n) is 10.8. The van der Waals surface area contributed by atoms with Gasteiger partial charge in [-0.15, -0.1) is 0 Å². The van der Waals surface area contributed by atoms with Crippen molar-refractivity contribution < 1.29 is 9.53 Å². The number of allylic oxidation sites excluding steroid dienone is 8. The quantitative estimate of drug-likeness (QED) is 0.0417. The number of esters is 1. The maximum Gasteiger partial charge on any atom is 0.305 e. The Hall–Kier alpha value is -1.57. The normalized spacial score (nSPS) is 12.2. The lowest BCUT2D eigenvalue weighted by Gasteiger charge is -2.05. The molecule has 0 spiro atoms. The van der Waals surface area contributed by atoms with E-state index in [0.717, 1.165) is 25.7 Å². The molecule has 0 N–H and O–H groups in total. The summed E-state index contributed by atoms with van der Waals surface area (Å²) in [7, 11) is 0. The lowest BCUT2D eigenvalue weighted by Crippen LogP contribution is -2.05. The molecule has 0 heterocycles. The summed E-state index contributed by atoms with van der Waals surface area (Å²) in [5.74, 6) is -0.00351. The molecule has 0 saturated heterocycles. The third-order valence-electron chi connectivity index (χ3n) is 7.00. The molecule has 38 heavy (non-hydrogen) atoms. The number of ether oxygens (including phenoxy) is 1. The van der Waals surface area contributed by atoms with Crippen LogP contribution in [-0.4, -0.2) is 12.6 Å². The van der Waals surface area contributed by atoms with Crippen molar-refractivity contribution in [2.45, 2.75) is 168 Å². The van der Waals surface area contributed by atoms with Crippen LogP contribution in [0.2, 0.25) is 0 Å². The van der Waals surface area contributed by atoms with E-state index in [1.165, 1.54) is 122 Å². The van der Waals surface area contributed by atoms with Crippen LogP contribution in [0.4, 0.5) is 0 Å². The van der Waals surface area contributed by atoms with Gasteiger partial charge in [0.05, 0.1) is 6.61 Å². The fourth-order valence-electron chi connectivity index (χ4n) is 4.47. The summed E-state index contributed by atoms with van der Waals surface area (Å²) < 4.78 is 5.41. The van der Waals surface area contributed by atoms with Crippen LogP contribution in [0.15, 0.2) is 48.6 Å². The predicted octanol–water partition coefficient (Wildman–Crippen LogP) is 12.2. The standard InChI is InChI=1S/C36H64O2/c1-3-5-7-9-11-13-15-17-19-21-23-25-27-29-31-33-35-38-36(37)34-32-30-28-26-24-22-20-18-16-14-12-10-8-6-4-2/h10,12,14,16-20H,3-9,11,13,15,21-35H2,1-2H3/b12-10?,16-14?,19-17-,20-18?. The molecule has 0 aliphatic rings. The van der Waals surface area contributed by atoms with Crippen LogP contribution in [0.5, 0.6) is 0 Å². The first-order valence-corrected chi connectivity index (χ1v) is 16.6. The van der Waals surface area contributed by atoms with Crippen LogP contribution >= 0.6 is 0 Å². The second-order valence-corrected chi connectivity index (χ2v) is 10.8. The number of unbranched alkanes of at least 4 members (excludes halogenated alkanes) is 19. The molecule has 0 atom stereocenters. The topological polar surface area (TPSA) is 26.3 Å². The van der Waals surface area contributed by atoms with Gasteiger partial charge in [-0.3, -0.25) is 4.79 Å².